The second-order valence-electron chi connectivity index (χ2n) is 6.61. The summed E-state index contributed by atoms with van der Waals surface area (Å²) in [6.07, 6.45) is 12.2. The number of rotatable bonds is 4. The van der Waals surface area contributed by atoms with Crippen LogP contribution in [0.4, 0.5) is 0 Å². The molecule has 0 aromatic carbocycles. The van der Waals surface area contributed by atoms with Gasteiger partial charge in [-0.25, -0.2) is 0 Å². The zero-order valence-corrected chi connectivity index (χ0v) is 15.1. The minimum Gasteiger partial charge on any atom is -0.465 e. The fourth-order valence-corrected chi connectivity index (χ4v) is 3.29. The zero-order chi connectivity index (χ0) is 18.6. The molecule has 140 valence electrons. The van der Waals surface area contributed by atoms with Gasteiger partial charge in [-0.05, 0) is 31.1 Å². The molecule has 0 bridgehead atoms. The van der Waals surface area contributed by atoms with Crippen LogP contribution < -0.4 is 0 Å². The Bertz CT molecular complexity index is 925. The molecule has 0 spiro atoms. The number of carbonyl (C=O) groups excluding carboxylic acids is 1. The third-order valence-corrected chi connectivity index (χ3v) is 4.66. The Morgan fingerprint density at radius 1 is 1.33 bits per heavy atom. The van der Waals surface area contributed by atoms with E-state index >= 15 is 0 Å². The van der Waals surface area contributed by atoms with Crippen LogP contribution in [0.3, 0.4) is 0 Å². The van der Waals surface area contributed by atoms with Crippen molar-refractivity contribution in [3.05, 3.63) is 48.5 Å². The number of aryl methyl sites for hydroxylation is 1. The number of amides is 1. The molecule has 0 N–H and O–H groups in total. The van der Waals surface area contributed by atoms with Gasteiger partial charge in [0.1, 0.15) is 5.76 Å². The monoisotopic (exact) mass is 367 g/mol. The summed E-state index contributed by atoms with van der Waals surface area (Å²) in [6.45, 7) is 0.669. The van der Waals surface area contributed by atoms with E-state index in [1.54, 1.807) is 35.4 Å². The summed E-state index contributed by atoms with van der Waals surface area (Å²) in [5.41, 5.74) is 0.764. The first-order chi connectivity index (χ1) is 13.2. The van der Waals surface area contributed by atoms with Crippen molar-refractivity contribution in [2.75, 3.05) is 6.54 Å². The molecule has 8 nitrogen and oxygen atoms in total. The second-order valence-corrected chi connectivity index (χ2v) is 6.61. The molecule has 1 atom stereocenters. The van der Waals surface area contributed by atoms with Crippen molar-refractivity contribution in [3.8, 4) is 11.5 Å². The first-order valence-electron chi connectivity index (χ1n) is 9.05. The molecule has 4 rings (SSSR count). The van der Waals surface area contributed by atoms with Crippen LogP contribution in [0, 0.1) is 0 Å². The molecular weight excluding hydrogens is 346 g/mol. The molecule has 4 heterocycles. The molecule has 1 unspecified atom stereocenters. The van der Waals surface area contributed by atoms with E-state index in [0.717, 1.165) is 31.2 Å². The minimum absolute atomic E-state index is 0.0778. The number of aromatic nitrogens is 4. The lowest BCUT2D eigenvalue weighted by molar-refractivity contribution is -0.128. The van der Waals surface area contributed by atoms with Crippen molar-refractivity contribution in [2.45, 2.75) is 31.7 Å². The number of likely N-dealkylation sites (tertiary alicyclic amines) is 1. The SMILES string of the molecule is Cn1cc(-c2nc(C3CCCCCN3C(=O)/C=C/c3ccco3)no2)cn1. The number of carbonyl (C=O) groups is 1. The number of nitrogens with zero attached hydrogens (tertiary/aromatic N) is 5. The average Bonchev–Trinajstić information content (AvgIpc) is 3.39. The Kier molecular flexibility index (Phi) is 4.86. The summed E-state index contributed by atoms with van der Waals surface area (Å²) in [5.74, 6) is 1.52. The lowest BCUT2D eigenvalue weighted by atomic mass is 10.1. The Hall–Kier alpha value is -3.16. The van der Waals surface area contributed by atoms with Crippen LogP contribution >= 0.6 is 0 Å². The highest BCUT2D eigenvalue weighted by Crippen LogP contribution is 2.30. The molecule has 3 aromatic rings. The third-order valence-electron chi connectivity index (χ3n) is 4.66. The maximum absolute atomic E-state index is 12.8. The maximum atomic E-state index is 12.8. The van der Waals surface area contributed by atoms with Crippen LogP contribution in [0.15, 0.2) is 45.8 Å². The van der Waals surface area contributed by atoms with E-state index in [4.69, 9.17) is 8.94 Å². The van der Waals surface area contributed by atoms with Gasteiger partial charge in [0.15, 0.2) is 5.82 Å². The molecule has 1 aliphatic rings. The van der Waals surface area contributed by atoms with Gasteiger partial charge < -0.3 is 13.8 Å². The van der Waals surface area contributed by atoms with Crippen LogP contribution in [0.25, 0.3) is 17.5 Å². The summed E-state index contributed by atoms with van der Waals surface area (Å²) in [5, 5.41) is 8.28. The van der Waals surface area contributed by atoms with E-state index in [2.05, 4.69) is 15.2 Å². The van der Waals surface area contributed by atoms with Crippen molar-refractivity contribution in [1.82, 2.24) is 24.8 Å². The summed E-state index contributed by atoms with van der Waals surface area (Å²) in [6, 6.07) is 3.40. The largest absolute Gasteiger partial charge is 0.465 e. The summed E-state index contributed by atoms with van der Waals surface area (Å²) < 4.78 is 12.4. The van der Waals surface area contributed by atoms with E-state index < -0.39 is 0 Å². The molecule has 3 aromatic heterocycles. The minimum atomic E-state index is -0.199. The van der Waals surface area contributed by atoms with Crippen LogP contribution in [0.1, 0.15) is 43.3 Å². The molecule has 1 saturated heterocycles. The quantitative estimate of drug-likeness (QED) is 0.658. The summed E-state index contributed by atoms with van der Waals surface area (Å²) in [4.78, 5) is 19.2. The van der Waals surface area contributed by atoms with Gasteiger partial charge >= 0.3 is 0 Å². The Morgan fingerprint density at radius 2 is 2.26 bits per heavy atom. The van der Waals surface area contributed by atoms with Crippen molar-refractivity contribution >= 4 is 12.0 Å². The van der Waals surface area contributed by atoms with E-state index in [0.29, 0.717) is 24.0 Å². The molecule has 27 heavy (non-hydrogen) atoms. The highest BCUT2D eigenvalue weighted by molar-refractivity contribution is 5.91. The summed E-state index contributed by atoms with van der Waals surface area (Å²) >= 11 is 0. The van der Waals surface area contributed by atoms with Crippen molar-refractivity contribution in [2.24, 2.45) is 7.05 Å². The predicted octanol–water partition coefficient (Wildman–Crippen LogP) is 3.22. The predicted molar refractivity (Wildman–Crippen MR) is 97.2 cm³/mol. The van der Waals surface area contributed by atoms with Crippen LogP contribution in [0.5, 0.6) is 0 Å². The van der Waals surface area contributed by atoms with Crippen LogP contribution in [0.2, 0.25) is 0 Å². The number of furan rings is 1. The highest BCUT2D eigenvalue weighted by Gasteiger charge is 2.29. The van der Waals surface area contributed by atoms with E-state index in [-0.39, 0.29) is 11.9 Å². The smallest absolute Gasteiger partial charge is 0.261 e. The third kappa shape index (κ3) is 3.84. The fraction of sp³-hybridized carbons (Fsp3) is 0.368. The topological polar surface area (TPSA) is 90.2 Å². The molecular formula is C19H21N5O3. The Labute approximate surface area is 156 Å². The molecule has 1 fully saturated rings. The van der Waals surface area contributed by atoms with Crippen molar-refractivity contribution < 1.29 is 13.7 Å². The number of hydrogen-bond donors (Lipinski definition) is 0. The normalized spacial score (nSPS) is 18.1. The zero-order valence-electron chi connectivity index (χ0n) is 15.1. The van der Waals surface area contributed by atoms with E-state index in [1.807, 2.05) is 24.2 Å². The van der Waals surface area contributed by atoms with E-state index in [9.17, 15) is 4.79 Å². The van der Waals surface area contributed by atoms with E-state index in [1.165, 1.54) is 0 Å². The summed E-state index contributed by atoms with van der Waals surface area (Å²) in [7, 11) is 1.83. The lowest BCUT2D eigenvalue weighted by Gasteiger charge is -2.26. The van der Waals surface area contributed by atoms with Crippen molar-refractivity contribution in [3.63, 3.8) is 0 Å². The molecule has 1 amide bonds. The van der Waals surface area contributed by atoms with Gasteiger partial charge in [-0.3, -0.25) is 9.48 Å². The van der Waals surface area contributed by atoms with Crippen LogP contribution in [-0.2, 0) is 11.8 Å². The Morgan fingerprint density at radius 3 is 3.04 bits per heavy atom. The maximum Gasteiger partial charge on any atom is 0.261 e. The second kappa shape index (κ2) is 7.61. The number of hydrogen-bond acceptors (Lipinski definition) is 6. The molecule has 0 radical (unpaired) electrons. The first kappa shape index (κ1) is 17.3. The van der Waals surface area contributed by atoms with Crippen LogP contribution in [-0.4, -0.2) is 37.3 Å². The molecule has 1 aliphatic heterocycles. The van der Waals surface area contributed by atoms with Gasteiger partial charge in [-0.2, -0.15) is 10.1 Å². The van der Waals surface area contributed by atoms with Gasteiger partial charge in [0.2, 0.25) is 5.91 Å². The van der Waals surface area contributed by atoms with Gasteiger partial charge in [-0.15, -0.1) is 0 Å². The molecule has 8 heteroatoms. The van der Waals surface area contributed by atoms with Crippen molar-refractivity contribution in [1.29, 1.82) is 0 Å². The molecule has 0 saturated carbocycles. The highest BCUT2D eigenvalue weighted by atomic mass is 16.5. The lowest BCUT2D eigenvalue weighted by Crippen LogP contribution is -2.34. The van der Waals surface area contributed by atoms with Gasteiger partial charge in [0, 0.05) is 25.9 Å². The van der Waals surface area contributed by atoms with Gasteiger partial charge in [-0.1, -0.05) is 18.0 Å². The van der Waals surface area contributed by atoms with Gasteiger partial charge in [0.25, 0.3) is 5.89 Å². The first-order valence-corrected chi connectivity index (χ1v) is 9.05. The standard InChI is InChI=1S/C19H21N5O3/c1-23-13-14(12-20-23)19-21-18(22-27-19)16-7-3-2-4-10-24(16)17(25)9-8-15-6-5-11-26-15/h5-6,8-9,11-13,16H,2-4,7,10H2,1H3/b9-8+. The molecule has 0 aliphatic carbocycles. The van der Waals surface area contributed by atoms with Gasteiger partial charge in [0.05, 0.1) is 24.1 Å². The average molecular weight is 367 g/mol. The fourth-order valence-electron chi connectivity index (χ4n) is 3.29. The Balaban J connectivity index is 1.56.